The number of aliphatic hydroxyl groups excluding tert-OH is 1. The van der Waals surface area contributed by atoms with E-state index >= 15 is 0 Å². The molecule has 2 N–H and O–H groups in total. The first-order chi connectivity index (χ1) is 14.6. The molecule has 0 aromatic heterocycles. The zero-order chi connectivity index (χ0) is 21.3. The molecule has 0 saturated heterocycles. The monoisotopic (exact) mass is 481 g/mol. The molecular weight excluding hydrogens is 457 g/mol. The van der Waals surface area contributed by atoms with E-state index in [4.69, 9.17) is 32.7 Å². The van der Waals surface area contributed by atoms with Crippen LogP contribution in [-0.4, -0.2) is 18.3 Å². The van der Waals surface area contributed by atoms with Gasteiger partial charge in [-0.15, -0.1) is 12.4 Å². The second kappa shape index (κ2) is 12.8. The SMILES string of the molecule is CCOc1cc(CNCC(O)c2ccccc2)ccc1OCc1ccc(Cl)cc1Cl.Cl. The molecule has 0 aliphatic heterocycles. The van der Waals surface area contributed by atoms with Crippen LogP contribution in [0.2, 0.25) is 10.0 Å². The molecule has 166 valence electrons. The first-order valence-electron chi connectivity index (χ1n) is 9.83. The largest absolute Gasteiger partial charge is 0.490 e. The van der Waals surface area contributed by atoms with E-state index in [1.165, 1.54) is 0 Å². The molecule has 0 aliphatic carbocycles. The number of hydrogen-bond acceptors (Lipinski definition) is 4. The van der Waals surface area contributed by atoms with Crippen LogP contribution in [0.3, 0.4) is 0 Å². The normalized spacial score (nSPS) is 11.5. The molecule has 3 aromatic rings. The average molecular weight is 483 g/mol. The fourth-order valence-electron chi connectivity index (χ4n) is 2.99. The minimum atomic E-state index is -0.552. The molecule has 0 spiro atoms. The number of hydrogen-bond donors (Lipinski definition) is 2. The molecule has 1 unspecified atom stereocenters. The van der Waals surface area contributed by atoms with Crippen LogP contribution < -0.4 is 14.8 Å². The Hall–Kier alpha value is -1.95. The number of rotatable bonds is 10. The van der Waals surface area contributed by atoms with E-state index < -0.39 is 6.10 Å². The van der Waals surface area contributed by atoms with E-state index in [9.17, 15) is 5.11 Å². The van der Waals surface area contributed by atoms with Crippen LogP contribution in [0.4, 0.5) is 0 Å². The molecule has 0 saturated carbocycles. The predicted molar refractivity (Wildman–Crippen MR) is 129 cm³/mol. The van der Waals surface area contributed by atoms with Gasteiger partial charge in [0.25, 0.3) is 0 Å². The van der Waals surface area contributed by atoms with Crippen LogP contribution in [0.1, 0.15) is 29.7 Å². The summed E-state index contributed by atoms with van der Waals surface area (Å²) in [4.78, 5) is 0. The number of aliphatic hydroxyl groups is 1. The van der Waals surface area contributed by atoms with Gasteiger partial charge in [-0.05, 0) is 42.3 Å². The second-order valence-corrected chi connectivity index (χ2v) is 7.64. The Balaban J connectivity index is 0.00000341. The standard InChI is InChI=1S/C24H25Cl2NO3.ClH/c1-2-29-24-12-17(14-27-15-22(28)18-6-4-3-5-7-18)8-11-23(24)30-16-19-9-10-20(25)13-21(19)26;/h3-13,22,27-28H,2,14-16H2,1H3;1H. The zero-order valence-electron chi connectivity index (χ0n) is 17.2. The van der Waals surface area contributed by atoms with Crippen LogP contribution >= 0.6 is 35.6 Å². The van der Waals surface area contributed by atoms with Gasteiger partial charge in [0.2, 0.25) is 0 Å². The molecule has 0 heterocycles. The fourth-order valence-corrected chi connectivity index (χ4v) is 3.45. The third kappa shape index (κ3) is 7.60. The van der Waals surface area contributed by atoms with Crippen molar-refractivity contribution in [1.29, 1.82) is 0 Å². The Morgan fingerprint density at radius 2 is 1.71 bits per heavy atom. The van der Waals surface area contributed by atoms with E-state index in [0.717, 1.165) is 16.7 Å². The molecule has 3 rings (SSSR count). The van der Waals surface area contributed by atoms with Crippen molar-refractivity contribution in [1.82, 2.24) is 5.32 Å². The lowest BCUT2D eigenvalue weighted by Crippen LogP contribution is -2.21. The summed E-state index contributed by atoms with van der Waals surface area (Å²) < 4.78 is 11.7. The van der Waals surface area contributed by atoms with E-state index in [-0.39, 0.29) is 12.4 Å². The van der Waals surface area contributed by atoms with Crippen molar-refractivity contribution in [2.75, 3.05) is 13.2 Å². The summed E-state index contributed by atoms with van der Waals surface area (Å²) in [5.41, 5.74) is 2.78. The first kappa shape index (κ1) is 25.3. The highest BCUT2D eigenvalue weighted by Crippen LogP contribution is 2.30. The molecular formula is C24H26Cl3NO3. The minimum absolute atomic E-state index is 0. The van der Waals surface area contributed by atoms with Crippen LogP contribution in [-0.2, 0) is 13.2 Å². The third-order valence-corrected chi connectivity index (χ3v) is 5.14. The minimum Gasteiger partial charge on any atom is -0.490 e. The van der Waals surface area contributed by atoms with Gasteiger partial charge in [-0.1, -0.05) is 65.7 Å². The molecule has 0 bridgehead atoms. The van der Waals surface area contributed by atoms with Gasteiger partial charge in [0.1, 0.15) is 6.61 Å². The maximum absolute atomic E-state index is 10.3. The van der Waals surface area contributed by atoms with Crippen LogP contribution in [0.15, 0.2) is 66.7 Å². The first-order valence-corrected chi connectivity index (χ1v) is 10.6. The highest BCUT2D eigenvalue weighted by molar-refractivity contribution is 6.35. The molecule has 0 radical (unpaired) electrons. The highest BCUT2D eigenvalue weighted by Gasteiger charge is 2.10. The lowest BCUT2D eigenvalue weighted by atomic mass is 10.1. The van der Waals surface area contributed by atoms with Gasteiger partial charge in [-0.2, -0.15) is 0 Å². The van der Waals surface area contributed by atoms with Gasteiger partial charge in [-0.25, -0.2) is 0 Å². The molecule has 0 fully saturated rings. The summed E-state index contributed by atoms with van der Waals surface area (Å²) in [7, 11) is 0. The summed E-state index contributed by atoms with van der Waals surface area (Å²) >= 11 is 12.2. The van der Waals surface area contributed by atoms with E-state index in [2.05, 4.69) is 5.32 Å². The smallest absolute Gasteiger partial charge is 0.161 e. The second-order valence-electron chi connectivity index (χ2n) is 6.80. The fraction of sp³-hybridized carbons (Fsp3) is 0.250. The summed E-state index contributed by atoms with van der Waals surface area (Å²) in [5, 5.41) is 14.7. The molecule has 0 aliphatic rings. The van der Waals surface area contributed by atoms with Crippen molar-refractivity contribution in [2.45, 2.75) is 26.2 Å². The van der Waals surface area contributed by atoms with Crippen molar-refractivity contribution < 1.29 is 14.6 Å². The Labute approximate surface area is 199 Å². The molecule has 7 heteroatoms. The van der Waals surface area contributed by atoms with Crippen molar-refractivity contribution in [3.05, 3.63) is 93.5 Å². The van der Waals surface area contributed by atoms with Gasteiger partial charge in [0.15, 0.2) is 11.5 Å². The van der Waals surface area contributed by atoms with Gasteiger partial charge in [-0.3, -0.25) is 0 Å². The van der Waals surface area contributed by atoms with Crippen molar-refractivity contribution in [3.8, 4) is 11.5 Å². The van der Waals surface area contributed by atoms with E-state index in [1.54, 1.807) is 12.1 Å². The highest BCUT2D eigenvalue weighted by atomic mass is 35.5. The molecule has 1 atom stereocenters. The summed E-state index contributed by atoms with van der Waals surface area (Å²) in [6.07, 6.45) is -0.552. The Morgan fingerprint density at radius 1 is 0.935 bits per heavy atom. The predicted octanol–water partition coefficient (Wildman–Crippen LogP) is 6.22. The third-order valence-electron chi connectivity index (χ3n) is 4.56. The van der Waals surface area contributed by atoms with Crippen LogP contribution in [0, 0.1) is 0 Å². The number of halogens is 3. The summed E-state index contributed by atoms with van der Waals surface area (Å²) in [6.45, 7) is 3.84. The summed E-state index contributed by atoms with van der Waals surface area (Å²) in [5.74, 6) is 1.32. The average Bonchev–Trinajstić information content (AvgIpc) is 2.75. The summed E-state index contributed by atoms with van der Waals surface area (Å²) in [6, 6.07) is 20.7. The number of benzene rings is 3. The zero-order valence-corrected chi connectivity index (χ0v) is 19.5. The van der Waals surface area contributed by atoms with Gasteiger partial charge >= 0.3 is 0 Å². The molecule has 0 amide bonds. The van der Waals surface area contributed by atoms with Crippen LogP contribution in [0.25, 0.3) is 0 Å². The van der Waals surface area contributed by atoms with Crippen LogP contribution in [0.5, 0.6) is 11.5 Å². The maximum Gasteiger partial charge on any atom is 0.161 e. The Bertz CT molecular complexity index is 954. The topological polar surface area (TPSA) is 50.7 Å². The Kier molecular flexibility index (Phi) is 10.4. The van der Waals surface area contributed by atoms with Gasteiger partial charge in [0.05, 0.1) is 12.7 Å². The molecule has 3 aromatic carbocycles. The molecule has 4 nitrogen and oxygen atoms in total. The van der Waals surface area contributed by atoms with Crippen molar-refractivity contribution in [2.24, 2.45) is 0 Å². The lowest BCUT2D eigenvalue weighted by Gasteiger charge is -2.15. The van der Waals surface area contributed by atoms with Crippen molar-refractivity contribution in [3.63, 3.8) is 0 Å². The number of nitrogens with one attached hydrogen (secondary N) is 1. The van der Waals surface area contributed by atoms with Crippen molar-refractivity contribution >= 4 is 35.6 Å². The number of ether oxygens (including phenoxy) is 2. The quantitative estimate of drug-likeness (QED) is 0.360. The van der Waals surface area contributed by atoms with E-state index in [1.807, 2.05) is 61.5 Å². The maximum atomic E-state index is 10.3. The van der Waals surface area contributed by atoms with E-state index in [0.29, 0.717) is 47.8 Å². The lowest BCUT2D eigenvalue weighted by molar-refractivity contribution is 0.174. The Morgan fingerprint density at radius 3 is 2.42 bits per heavy atom. The molecule has 31 heavy (non-hydrogen) atoms. The van der Waals surface area contributed by atoms with Gasteiger partial charge in [0, 0.05) is 28.7 Å². The van der Waals surface area contributed by atoms with Gasteiger partial charge < -0.3 is 19.9 Å².